The van der Waals surface area contributed by atoms with Crippen LogP contribution in [0, 0.1) is 10.1 Å². The second-order valence-corrected chi connectivity index (χ2v) is 6.36. The van der Waals surface area contributed by atoms with E-state index in [2.05, 4.69) is 10.3 Å². The van der Waals surface area contributed by atoms with Gasteiger partial charge in [-0.15, -0.1) is 0 Å². The number of hydrogen-bond acceptors (Lipinski definition) is 4. The summed E-state index contributed by atoms with van der Waals surface area (Å²) >= 11 is 0. The van der Waals surface area contributed by atoms with Gasteiger partial charge in [0.25, 0.3) is 5.91 Å². The van der Waals surface area contributed by atoms with Crippen LogP contribution in [0.4, 0.5) is 5.88 Å². The lowest BCUT2D eigenvalue weighted by Gasteiger charge is -2.18. The van der Waals surface area contributed by atoms with E-state index >= 15 is 0 Å². The number of nitrogens with zero attached hydrogens (tertiary/aromatic N) is 1. The number of carbonyl (C=O) groups excluding carboxylic acids is 1. The van der Waals surface area contributed by atoms with Gasteiger partial charge in [0.05, 0.1) is 6.07 Å². The van der Waals surface area contributed by atoms with E-state index in [1.807, 2.05) is 60.8 Å². The van der Waals surface area contributed by atoms with Gasteiger partial charge in [0.1, 0.15) is 4.92 Å². The molecule has 140 valence electrons. The Morgan fingerprint density at radius 1 is 1.07 bits per heavy atom. The molecule has 2 heterocycles. The third kappa shape index (κ3) is 3.37. The second kappa shape index (κ2) is 7.40. The number of amides is 1. The number of furan rings is 1. The molecule has 0 spiro atoms. The summed E-state index contributed by atoms with van der Waals surface area (Å²) in [4.78, 5) is 25.8. The fourth-order valence-corrected chi connectivity index (χ4v) is 3.30. The Hall–Kier alpha value is -3.87. The Labute approximate surface area is 160 Å². The molecule has 4 rings (SSSR count). The summed E-state index contributed by atoms with van der Waals surface area (Å²) < 4.78 is 4.99. The number of nitrogens with one attached hydrogen (secondary N) is 2. The number of hydrogen-bond donors (Lipinski definition) is 2. The van der Waals surface area contributed by atoms with Crippen molar-refractivity contribution in [2.75, 3.05) is 6.54 Å². The normalized spacial score (nSPS) is 12.0. The number of carbonyl (C=O) groups is 1. The summed E-state index contributed by atoms with van der Waals surface area (Å²) in [5.74, 6) is -1.13. The van der Waals surface area contributed by atoms with E-state index in [1.54, 1.807) is 0 Å². The van der Waals surface area contributed by atoms with Crippen LogP contribution in [0.3, 0.4) is 0 Å². The molecule has 0 aliphatic rings. The predicted molar refractivity (Wildman–Crippen MR) is 104 cm³/mol. The molecule has 1 atom stereocenters. The van der Waals surface area contributed by atoms with Crippen LogP contribution >= 0.6 is 0 Å². The number of fused-ring (bicyclic) bond motifs is 1. The highest BCUT2D eigenvalue weighted by molar-refractivity contribution is 5.92. The average Bonchev–Trinajstić information content (AvgIpc) is 3.37. The van der Waals surface area contributed by atoms with Crippen LogP contribution < -0.4 is 5.32 Å². The number of nitro groups is 1. The zero-order valence-corrected chi connectivity index (χ0v) is 14.8. The summed E-state index contributed by atoms with van der Waals surface area (Å²) in [6, 6.07) is 20.3. The lowest BCUT2D eigenvalue weighted by molar-refractivity contribution is -0.402. The van der Waals surface area contributed by atoms with Gasteiger partial charge in [0.15, 0.2) is 5.76 Å². The van der Waals surface area contributed by atoms with Crippen LogP contribution in [-0.2, 0) is 0 Å². The topological polar surface area (TPSA) is 101 Å². The minimum atomic E-state index is -0.671. The van der Waals surface area contributed by atoms with Crippen molar-refractivity contribution in [1.82, 2.24) is 10.3 Å². The molecule has 0 radical (unpaired) electrons. The van der Waals surface area contributed by atoms with Gasteiger partial charge < -0.3 is 14.7 Å². The molecule has 2 aromatic heterocycles. The van der Waals surface area contributed by atoms with Crippen LogP contribution in [0.15, 0.2) is 77.3 Å². The van der Waals surface area contributed by atoms with Crippen molar-refractivity contribution in [3.63, 3.8) is 0 Å². The molecule has 7 heteroatoms. The van der Waals surface area contributed by atoms with Gasteiger partial charge in [-0.3, -0.25) is 14.9 Å². The lowest BCUT2D eigenvalue weighted by Crippen LogP contribution is -2.28. The number of para-hydroxylation sites is 1. The molecule has 1 unspecified atom stereocenters. The number of aromatic amines is 1. The molecule has 2 aromatic carbocycles. The SMILES string of the molecule is O=C(NCC(c1ccccc1)c1c[nH]c2ccccc12)c1ccc([N+](=O)[O-])o1. The van der Waals surface area contributed by atoms with Crippen molar-refractivity contribution in [2.45, 2.75) is 5.92 Å². The molecule has 0 saturated heterocycles. The van der Waals surface area contributed by atoms with Gasteiger partial charge >= 0.3 is 5.88 Å². The third-order valence-corrected chi connectivity index (χ3v) is 4.66. The van der Waals surface area contributed by atoms with Gasteiger partial charge in [-0.25, -0.2) is 0 Å². The Morgan fingerprint density at radius 3 is 2.57 bits per heavy atom. The highest BCUT2D eigenvalue weighted by Crippen LogP contribution is 2.30. The van der Waals surface area contributed by atoms with Crippen LogP contribution in [0.1, 0.15) is 27.6 Å². The van der Waals surface area contributed by atoms with Crippen molar-refractivity contribution in [2.24, 2.45) is 0 Å². The minimum absolute atomic E-state index is 0.0857. The quantitative estimate of drug-likeness (QED) is 0.389. The third-order valence-electron chi connectivity index (χ3n) is 4.66. The van der Waals surface area contributed by atoms with E-state index in [0.29, 0.717) is 6.54 Å². The summed E-state index contributed by atoms with van der Waals surface area (Å²) in [5, 5.41) is 14.7. The Balaban J connectivity index is 1.61. The van der Waals surface area contributed by atoms with E-state index in [-0.39, 0.29) is 11.7 Å². The van der Waals surface area contributed by atoms with Crippen molar-refractivity contribution in [1.29, 1.82) is 0 Å². The highest BCUT2D eigenvalue weighted by atomic mass is 16.6. The van der Waals surface area contributed by atoms with Gasteiger partial charge in [-0.2, -0.15) is 0 Å². The standard InChI is InChI=1S/C21H17N3O4/c25-21(19-10-11-20(28-19)24(26)27)23-12-16(14-6-2-1-3-7-14)17-13-22-18-9-5-4-8-15(17)18/h1-11,13,16,22H,12H2,(H,23,25). The van der Waals surface area contributed by atoms with Crippen LogP contribution in [0.2, 0.25) is 0 Å². The van der Waals surface area contributed by atoms with E-state index in [1.165, 1.54) is 12.1 Å². The number of benzene rings is 2. The maximum Gasteiger partial charge on any atom is 0.433 e. The monoisotopic (exact) mass is 375 g/mol. The van der Waals surface area contributed by atoms with Gasteiger partial charge in [-0.05, 0) is 23.3 Å². The van der Waals surface area contributed by atoms with Gasteiger partial charge in [-0.1, -0.05) is 48.5 Å². The summed E-state index contributed by atoms with van der Waals surface area (Å²) in [5.41, 5.74) is 3.14. The van der Waals surface area contributed by atoms with Crippen LogP contribution in [-0.4, -0.2) is 22.4 Å². The fourth-order valence-electron chi connectivity index (χ4n) is 3.30. The van der Waals surface area contributed by atoms with Crippen molar-refractivity contribution in [3.8, 4) is 0 Å². The highest BCUT2D eigenvalue weighted by Gasteiger charge is 2.21. The lowest BCUT2D eigenvalue weighted by atomic mass is 9.91. The van der Waals surface area contributed by atoms with Crippen LogP contribution in [0.5, 0.6) is 0 Å². The first-order valence-corrected chi connectivity index (χ1v) is 8.77. The maximum atomic E-state index is 12.4. The van der Waals surface area contributed by atoms with E-state index in [4.69, 9.17) is 4.42 Å². The number of aromatic nitrogens is 1. The zero-order chi connectivity index (χ0) is 19.5. The molecule has 0 aliphatic heterocycles. The van der Waals surface area contributed by atoms with Crippen molar-refractivity contribution >= 4 is 22.7 Å². The first-order chi connectivity index (χ1) is 13.6. The summed E-state index contributed by atoms with van der Waals surface area (Å²) in [6.45, 7) is 0.319. The molecular formula is C21H17N3O4. The molecule has 28 heavy (non-hydrogen) atoms. The Bertz CT molecular complexity index is 1130. The Kier molecular flexibility index (Phi) is 4.63. The molecule has 0 aliphatic carbocycles. The number of H-pyrrole nitrogens is 1. The minimum Gasteiger partial charge on any atom is -0.395 e. The molecule has 2 N–H and O–H groups in total. The van der Waals surface area contributed by atoms with Gasteiger partial charge in [0, 0.05) is 29.6 Å². The second-order valence-electron chi connectivity index (χ2n) is 6.36. The predicted octanol–water partition coefficient (Wildman–Crippen LogP) is 4.23. The first kappa shape index (κ1) is 17.5. The molecular weight excluding hydrogens is 358 g/mol. The molecule has 0 saturated carbocycles. The smallest absolute Gasteiger partial charge is 0.395 e. The largest absolute Gasteiger partial charge is 0.433 e. The summed E-state index contributed by atoms with van der Waals surface area (Å²) in [7, 11) is 0. The zero-order valence-electron chi connectivity index (χ0n) is 14.8. The molecule has 4 aromatic rings. The van der Waals surface area contributed by atoms with Crippen molar-refractivity contribution in [3.05, 3.63) is 99.9 Å². The Morgan fingerprint density at radius 2 is 1.82 bits per heavy atom. The maximum absolute atomic E-state index is 12.4. The first-order valence-electron chi connectivity index (χ1n) is 8.77. The fraction of sp³-hybridized carbons (Fsp3) is 0.0952. The van der Waals surface area contributed by atoms with E-state index in [9.17, 15) is 14.9 Å². The molecule has 0 bridgehead atoms. The van der Waals surface area contributed by atoms with E-state index in [0.717, 1.165) is 22.0 Å². The molecule has 7 nitrogen and oxygen atoms in total. The molecule has 0 fully saturated rings. The van der Waals surface area contributed by atoms with Crippen molar-refractivity contribution < 1.29 is 14.1 Å². The van der Waals surface area contributed by atoms with Gasteiger partial charge in [0.2, 0.25) is 0 Å². The average molecular weight is 375 g/mol. The van der Waals surface area contributed by atoms with E-state index < -0.39 is 16.7 Å². The van der Waals surface area contributed by atoms with Crippen LogP contribution in [0.25, 0.3) is 10.9 Å². The summed E-state index contributed by atoms with van der Waals surface area (Å²) in [6.07, 6.45) is 1.95. The number of rotatable bonds is 6. The molecule has 1 amide bonds.